The molecule has 4 N–H and O–H groups in total. The van der Waals surface area contributed by atoms with Gasteiger partial charge < -0.3 is 25.4 Å². The van der Waals surface area contributed by atoms with Crippen molar-refractivity contribution in [1.82, 2.24) is 35.7 Å². The van der Waals surface area contributed by atoms with Crippen LogP contribution in [0, 0.1) is 0 Å². The van der Waals surface area contributed by atoms with E-state index in [0.717, 1.165) is 54.7 Å². The Bertz CT molecular complexity index is 1250. The molecule has 0 spiro atoms. The molecule has 1 saturated heterocycles. The van der Waals surface area contributed by atoms with Gasteiger partial charge in [-0.15, -0.1) is 0 Å². The van der Waals surface area contributed by atoms with Gasteiger partial charge in [-0.25, -0.2) is 4.98 Å². The number of carbonyl (C=O) groups excluding carboxylic acids is 1. The number of aromatic nitrogens is 4. The number of piperazine rings is 1. The Kier molecular flexibility index (Phi) is 5.50. The summed E-state index contributed by atoms with van der Waals surface area (Å²) >= 11 is 0. The first-order valence-electron chi connectivity index (χ1n) is 11.0. The van der Waals surface area contributed by atoms with E-state index in [4.69, 9.17) is 4.98 Å². The van der Waals surface area contributed by atoms with Crippen LogP contribution in [0.25, 0.3) is 33.5 Å². The summed E-state index contributed by atoms with van der Waals surface area (Å²) in [5.41, 5.74) is 5.25. The van der Waals surface area contributed by atoms with Gasteiger partial charge in [0.25, 0.3) is 5.91 Å². The molecular weight excluding hydrogens is 404 g/mol. The topological polar surface area (TPSA) is 105 Å². The van der Waals surface area contributed by atoms with Gasteiger partial charge in [-0.1, -0.05) is 0 Å². The van der Waals surface area contributed by atoms with Gasteiger partial charge in [0, 0.05) is 55.9 Å². The molecule has 0 saturated carbocycles. The lowest BCUT2D eigenvalue weighted by atomic mass is 10.1. The molecule has 1 amide bonds. The Labute approximate surface area is 186 Å². The van der Waals surface area contributed by atoms with Crippen LogP contribution in [0.4, 0.5) is 5.69 Å². The van der Waals surface area contributed by atoms with Crippen LogP contribution in [0.3, 0.4) is 0 Å². The lowest BCUT2D eigenvalue weighted by Crippen LogP contribution is -2.44. The number of carbonyl (C=O) groups is 1. The van der Waals surface area contributed by atoms with Crippen molar-refractivity contribution in [2.24, 2.45) is 0 Å². The lowest BCUT2D eigenvalue weighted by Gasteiger charge is -2.34. The highest BCUT2D eigenvalue weighted by Crippen LogP contribution is 2.29. The zero-order valence-corrected chi connectivity index (χ0v) is 18.4. The molecule has 2 aromatic carbocycles. The largest absolute Gasteiger partial charge is 0.369 e. The third-order valence-corrected chi connectivity index (χ3v) is 6.04. The smallest absolute Gasteiger partial charge is 0.251 e. The number of hydrogen-bond acceptors (Lipinski definition) is 6. The first-order chi connectivity index (χ1) is 15.6. The van der Waals surface area contributed by atoms with E-state index in [1.807, 2.05) is 19.2 Å². The Balaban J connectivity index is 1.44. The molecule has 3 heterocycles. The second kappa shape index (κ2) is 8.60. The molecule has 0 aliphatic carbocycles. The number of imidazole rings is 1. The van der Waals surface area contributed by atoms with Gasteiger partial charge in [0.1, 0.15) is 5.69 Å². The maximum atomic E-state index is 12.5. The van der Waals surface area contributed by atoms with E-state index in [0.29, 0.717) is 23.6 Å². The highest BCUT2D eigenvalue weighted by molar-refractivity contribution is 6.01. The van der Waals surface area contributed by atoms with Crippen molar-refractivity contribution in [1.29, 1.82) is 0 Å². The van der Waals surface area contributed by atoms with Crippen LogP contribution in [0.5, 0.6) is 0 Å². The molecule has 0 unspecified atom stereocenters. The summed E-state index contributed by atoms with van der Waals surface area (Å²) in [6.45, 7) is 5.46. The number of H-pyrrole nitrogens is 2. The summed E-state index contributed by atoms with van der Waals surface area (Å²) in [7, 11) is 4.02. The number of nitrogens with one attached hydrogen (secondary N) is 4. The highest BCUT2D eigenvalue weighted by Gasteiger charge is 2.17. The summed E-state index contributed by atoms with van der Waals surface area (Å²) in [5, 5.41) is 14.3. The van der Waals surface area contributed by atoms with E-state index in [1.54, 1.807) is 6.07 Å². The van der Waals surface area contributed by atoms with E-state index < -0.39 is 0 Å². The third kappa shape index (κ3) is 3.92. The predicted molar refractivity (Wildman–Crippen MR) is 127 cm³/mol. The molecule has 1 aliphatic rings. The average molecular weight is 433 g/mol. The third-order valence-electron chi connectivity index (χ3n) is 6.04. The molecule has 0 atom stereocenters. The minimum atomic E-state index is -0.101. The van der Waals surface area contributed by atoms with Crippen molar-refractivity contribution in [3.05, 3.63) is 42.0 Å². The number of aromatic amines is 2. The SMILES string of the molecule is CNCCNC(=O)c1ccc2[nH]nc(-c3nc4cc(N5CCN(C)CC5)ccc4[nH]3)c2c1. The molecule has 9 heteroatoms. The first kappa shape index (κ1) is 20.5. The normalized spacial score (nSPS) is 15.0. The van der Waals surface area contributed by atoms with Crippen LogP contribution in [0.2, 0.25) is 0 Å². The van der Waals surface area contributed by atoms with Gasteiger partial charge >= 0.3 is 0 Å². The maximum absolute atomic E-state index is 12.5. The second-order valence-corrected chi connectivity index (χ2v) is 8.27. The van der Waals surface area contributed by atoms with Gasteiger partial charge in [0.2, 0.25) is 0 Å². The average Bonchev–Trinajstić information content (AvgIpc) is 3.42. The number of likely N-dealkylation sites (N-methyl/N-ethyl adjacent to an activating group) is 2. The Morgan fingerprint density at radius 3 is 2.69 bits per heavy atom. The van der Waals surface area contributed by atoms with Crippen molar-refractivity contribution in [2.45, 2.75) is 0 Å². The first-order valence-corrected chi connectivity index (χ1v) is 11.0. The monoisotopic (exact) mass is 432 g/mol. The van der Waals surface area contributed by atoms with E-state index in [-0.39, 0.29) is 5.91 Å². The van der Waals surface area contributed by atoms with Crippen LogP contribution < -0.4 is 15.5 Å². The fourth-order valence-electron chi connectivity index (χ4n) is 4.11. The highest BCUT2D eigenvalue weighted by atomic mass is 16.1. The molecule has 0 bridgehead atoms. The quantitative estimate of drug-likeness (QED) is 0.347. The van der Waals surface area contributed by atoms with Gasteiger partial charge in [-0.05, 0) is 50.5 Å². The number of fused-ring (bicyclic) bond motifs is 2. The molecule has 4 aromatic rings. The van der Waals surface area contributed by atoms with Crippen molar-refractivity contribution in [3.8, 4) is 11.5 Å². The number of nitrogens with zero attached hydrogens (tertiary/aromatic N) is 4. The number of rotatable bonds is 6. The van der Waals surface area contributed by atoms with Crippen LogP contribution in [0.15, 0.2) is 36.4 Å². The van der Waals surface area contributed by atoms with Gasteiger partial charge in [0.15, 0.2) is 5.82 Å². The Morgan fingerprint density at radius 2 is 1.88 bits per heavy atom. The summed E-state index contributed by atoms with van der Waals surface area (Å²) in [6.07, 6.45) is 0. The fourth-order valence-corrected chi connectivity index (χ4v) is 4.11. The van der Waals surface area contributed by atoms with Crippen molar-refractivity contribution >= 4 is 33.5 Å². The molecule has 9 nitrogen and oxygen atoms in total. The second-order valence-electron chi connectivity index (χ2n) is 8.27. The summed E-state index contributed by atoms with van der Waals surface area (Å²) < 4.78 is 0. The number of benzene rings is 2. The molecule has 166 valence electrons. The molecule has 0 radical (unpaired) electrons. The van der Waals surface area contributed by atoms with E-state index in [9.17, 15) is 4.79 Å². The molecular formula is C23H28N8O. The zero-order valence-electron chi connectivity index (χ0n) is 18.4. The van der Waals surface area contributed by atoms with Gasteiger partial charge in [-0.2, -0.15) is 5.10 Å². The van der Waals surface area contributed by atoms with E-state index in [2.05, 4.69) is 60.9 Å². The number of anilines is 1. The van der Waals surface area contributed by atoms with Crippen molar-refractivity contribution in [2.75, 3.05) is 58.3 Å². The standard InChI is InChI=1S/C23H28N8O/c1-24-7-8-25-23(32)15-3-5-18-17(13-15)21(29-28-18)22-26-19-6-4-16(14-20(19)27-22)31-11-9-30(2)10-12-31/h3-6,13-14,24H,7-12H2,1-2H3,(H,25,32)(H,26,27)(H,28,29). The number of amides is 1. The van der Waals surface area contributed by atoms with Crippen molar-refractivity contribution in [3.63, 3.8) is 0 Å². The molecule has 32 heavy (non-hydrogen) atoms. The molecule has 5 rings (SSSR count). The van der Waals surface area contributed by atoms with Crippen LogP contribution in [-0.4, -0.2) is 84.3 Å². The minimum absolute atomic E-state index is 0.101. The summed E-state index contributed by atoms with van der Waals surface area (Å²) in [6, 6.07) is 11.9. The zero-order chi connectivity index (χ0) is 22.1. The van der Waals surface area contributed by atoms with Crippen LogP contribution in [-0.2, 0) is 0 Å². The van der Waals surface area contributed by atoms with E-state index in [1.165, 1.54) is 5.69 Å². The summed E-state index contributed by atoms with van der Waals surface area (Å²) in [5.74, 6) is 0.588. The fraction of sp³-hybridized carbons (Fsp3) is 0.348. The predicted octanol–water partition coefficient (Wildman–Crippen LogP) is 1.81. The Morgan fingerprint density at radius 1 is 1.06 bits per heavy atom. The van der Waals surface area contributed by atoms with Gasteiger partial charge in [-0.3, -0.25) is 9.89 Å². The number of hydrogen-bond donors (Lipinski definition) is 4. The molecule has 2 aromatic heterocycles. The Hall–Kier alpha value is -3.43. The summed E-state index contributed by atoms with van der Waals surface area (Å²) in [4.78, 5) is 25.4. The molecule has 1 aliphatic heterocycles. The van der Waals surface area contributed by atoms with Crippen LogP contribution >= 0.6 is 0 Å². The van der Waals surface area contributed by atoms with Crippen LogP contribution in [0.1, 0.15) is 10.4 Å². The maximum Gasteiger partial charge on any atom is 0.251 e. The van der Waals surface area contributed by atoms with E-state index >= 15 is 0 Å². The lowest BCUT2D eigenvalue weighted by molar-refractivity contribution is 0.0954. The van der Waals surface area contributed by atoms with Crippen molar-refractivity contribution < 1.29 is 4.79 Å². The molecule has 1 fully saturated rings. The minimum Gasteiger partial charge on any atom is -0.369 e. The van der Waals surface area contributed by atoms with Gasteiger partial charge in [0.05, 0.1) is 16.6 Å².